The molecule has 1 aliphatic rings. The van der Waals surface area contributed by atoms with Gasteiger partial charge in [0.15, 0.2) is 0 Å². The number of carboxylic acids is 1. The molecule has 0 bridgehead atoms. The predicted molar refractivity (Wildman–Crippen MR) is 48.4 cm³/mol. The largest absolute Gasteiger partial charge is 0.480 e. The highest BCUT2D eigenvalue weighted by atomic mass is 16.4. The summed E-state index contributed by atoms with van der Waals surface area (Å²) in [6.45, 7) is 3.79. The Morgan fingerprint density at radius 2 is 2.23 bits per heavy atom. The molecular weight excluding hydrogens is 168 g/mol. The second-order valence-corrected chi connectivity index (χ2v) is 3.85. The third kappa shape index (κ3) is 1.47. The van der Waals surface area contributed by atoms with Crippen LogP contribution in [0.2, 0.25) is 0 Å². The molecule has 0 radical (unpaired) electrons. The van der Waals surface area contributed by atoms with Crippen LogP contribution in [0.4, 0.5) is 0 Å². The fourth-order valence-electron chi connectivity index (χ4n) is 2.12. The zero-order chi connectivity index (χ0) is 10.1. The van der Waals surface area contributed by atoms with E-state index in [0.29, 0.717) is 19.3 Å². The van der Waals surface area contributed by atoms with E-state index < -0.39 is 11.4 Å². The van der Waals surface area contributed by atoms with Gasteiger partial charge in [0.25, 0.3) is 0 Å². The van der Waals surface area contributed by atoms with Crippen LogP contribution in [0.25, 0.3) is 0 Å². The maximum absolute atomic E-state index is 11.6. The average molecular weight is 184 g/mol. The molecule has 13 heavy (non-hydrogen) atoms. The summed E-state index contributed by atoms with van der Waals surface area (Å²) in [4.78, 5) is 22.6. The Balaban J connectivity index is 2.89. The van der Waals surface area contributed by atoms with E-state index in [-0.39, 0.29) is 11.7 Å². The lowest BCUT2D eigenvalue weighted by Crippen LogP contribution is -2.34. The second-order valence-electron chi connectivity index (χ2n) is 3.85. The van der Waals surface area contributed by atoms with Crippen LogP contribution in [-0.4, -0.2) is 16.9 Å². The molecule has 0 aromatic carbocycles. The fourth-order valence-corrected chi connectivity index (χ4v) is 2.12. The number of carbonyl (C=O) groups is 2. The van der Waals surface area contributed by atoms with Gasteiger partial charge in [-0.15, -0.1) is 0 Å². The first-order chi connectivity index (χ1) is 6.06. The summed E-state index contributed by atoms with van der Waals surface area (Å²) in [6.07, 6.45) is 2.32. The molecule has 2 atom stereocenters. The lowest BCUT2D eigenvalue weighted by molar-refractivity contribution is -0.153. The normalized spacial score (nSPS) is 33.7. The summed E-state index contributed by atoms with van der Waals surface area (Å²) in [5.74, 6) is -0.728. The van der Waals surface area contributed by atoms with Gasteiger partial charge in [-0.3, -0.25) is 9.59 Å². The van der Waals surface area contributed by atoms with Crippen molar-refractivity contribution in [3.8, 4) is 0 Å². The van der Waals surface area contributed by atoms with E-state index in [1.165, 1.54) is 0 Å². The Labute approximate surface area is 78.1 Å². The van der Waals surface area contributed by atoms with E-state index in [0.717, 1.165) is 6.42 Å². The zero-order valence-corrected chi connectivity index (χ0v) is 8.17. The molecule has 2 unspecified atom stereocenters. The van der Waals surface area contributed by atoms with Gasteiger partial charge in [0, 0.05) is 6.42 Å². The number of hydrogen-bond acceptors (Lipinski definition) is 2. The summed E-state index contributed by atoms with van der Waals surface area (Å²) in [6, 6.07) is 0. The van der Waals surface area contributed by atoms with E-state index in [9.17, 15) is 9.59 Å². The van der Waals surface area contributed by atoms with E-state index in [1.807, 2.05) is 6.92 Å². The van der Waals surface area contributed by atoms with Gasteiger partial charge in [-0.2, -0.15) is 0 Å². The highest BCUT2D eigenvalue weighted by Gasteiger charge is 2.50. The van der Waals surface area contributed by atoms with Gasteiger partial charge in [-0.1, -0.05) is 20.3 Å². The molecule has 0 amide bonds. The number of carboxylic acid groups (broad SMARTS) is 1. The molecule has 1 fully saturated rings. The van der Waals surface area contributed by atoms with Gasteiger partial charge < -0.3 is 5.11 Å². The van der Waals surface area contributed by atoms with E-state index in [1.54, 1.807) is 6.92 Å². The van der Waals surface area contributed by atoms with Crippen LogP contribution in [-0.2, 0) is 9.59 Å². The van der Waals surface area contributed by atoms with Crippen molar-refractivity contribution < 1.29 is 14.7 Å². The molecular formula is C10H16O3. The monoisotopic (exact) mass is 184 g/mol. The van der Waals surface area contributed by atoms with Gasteiger partial charge >= 0.3 is 5.97 Å². The van der Waals surface area contributed by atoms with Crippen molar-refractivity contribution in [3.05, 3.63) is 0 Å². The topological polar surface area (TPSA) is 54.4 Å². The van der Waals surface area contributed by atoms with E-state index in [2.05, 4.69) is 0 Å². The Hall–Kier alpha value is -0.860. The zero-order valence-electron chi connectivity index (χ0n) is 8.17. The van der Waals surface area contributed by atoms with Crippen LogP contribution < -0.4 is 0 Å². The third-order valence-corrected chi connectivity index (χ3v) is 3.24. The average Bonchev–Trinajstić information content (AvgIpc) is 2.43. The first kappa shape index (κ1) is 10.2. The molecule has 3 heteroatoms. The van der Waals surface area contributed by atoms with Crippen LogP contribution in [0, 0.1) is 11.3 Å². The summed E-state index contributed by atoms with van der Waals surface area (Å²) in [5.41, 5.74) is -1.05. The first-order valence-electron chi connectivity index (χ1n) is 4.83. The maximum Gasteiger partial charge on any atom is 0.317 e. The summed E-state index contributed by atoms with van der Waals surface area (Å²) in [5, 5.41) is 9.03. The van der Waals surface area contributed by atoms with Crippen molar-refractivity contribution in [2.75, 3.05) is 0 Å². The maximum atomic E-state index is 11.6. The number of ketones is 1. The Kier molecular flexibility index (Phi) is 2.74. The van der Waals surface area contributed by atoms with Crippen molar-refractivity contribution in [2.24, 2.45) is 11.3 Å². The number of Topliss-reactive ketones (excluding diaryl/α,β-unsaturated/α-hetero) is 1. The highest BCUT2D eigenvalue weighted by Crippen LogP contribution is 2.42. The predicted octanol–water partition coefficient (Wildman–Crippen LogP) is 1.86. The fraction of sp³-hybridized carbons (Fsp3) is 0.800. The molecule has 3 nitrogen and oxygen atoms in total. The Bertz CT molecular complexity index is 234. The highest BCUT2D eigenvalue weighted by molar-refractivity contribution is 6.04. The minimum atomic E-state index is -1.05. The van der Waals surface area contributed by atoms with Crippen molar-refractivity contribution in [2.45, 2.75) is 39.5 Å². The van der Waals surface area contributed by atoms with Crippen LogP contribution in [0.1, 0.15) is 39.5 Å². The van der Waals surface area contributed by atoms with Gasteiger partial charge in [-0.25, -0.2) is 0 Å². The van der Waals surface area contributed by atoms with Gasteiger partial charge in [0.2, 0.25) is 0 Å². The SMILES string of the molecule is CCC1CC(=O)C(CC)(C(=O)O)C1. The quantitative estimate of drug-likeness (QED) is 0.681. The number of aliphatic carboxylic acids is 1. The summed E-state index contributed by atoms with van der Waals surface area (Å²) >= 11 is 0. The molecule has 0 heterocycles. The van der Waals surface area contributed by atoms with Crippen molar-refractivity contribution >= 4 is 11.8 Å². The standard InChI is InChI=1S/C10H16O3/c1-3-7-5-8(11)10(4-2,6-7)9(12)13/h7H,3-6H2,1-2H3,(H,12,13). The van der Waals surface area contributed by atoms with Crippen LogP contribution in [0.5, 0.6) is 0 Å². The summed E-state index contributed by atoms with van der Waals surface area (Å²) < 4.78 is 0. The van der Waals surface area contributed by atoms with Crippen molar-refractivity contribution in [1.82, 2.24) is 0 Å². The van der Waals surface area contributed by atoms with Gasteiger partial charge in [0.1, 0.15) is 11.2 Å². The van der Waals surface area contributed by atoms with Crippen molar-refractivity contribution in [1.29, 1.82) is 0 Å². The minimum absolute atomic E-state index is 0.0747. The second kappa shape index (κ2) is 3.48. The number of rotatable bonds is 3. The molecule has 1 aliphatic carbocycles. The molecule has 0 spiro atoms. The molecule has 0 saturated heterocycles. The molecule has 1 saturated carbocycles. The molecule has 74 valence electrons. The first-order valence-corrected chi connectivity index (χ1v) is 4.83. The number of carbonyl (C=O) groups excluding carboxylic acids is 1. The lowest BCUT2D eigenvalue weighted by atomic mass is 9.81. The van der Waals surface area contributed by atoms with Crippen LogP contribution in [0.15, 0.2) is 0 Å². The third-order valence-electron chi connectivity index (χ3n) is 3.24. The van der Waals surface area contributed by atoms with Crippen molar-refractivity contribution in [3.63, 3.8) is 0 Å². The van der Waals surface area contributed by atoms with E-state index >= 15 is 0 Å². The van der Waals surface area contributed by atoms with E-state index in [4.69, 9.17) is 5.11 Å². The molecule has 1 N–H and O–H groups in total. The number of hydrogen-bond donors (Lipinski definition) is 1. The molecule has 0 aromatic rings. The lowest BCUT2D eigenvalue weighted by Gasteiger charge is -2.20. The van der Waals surface area contributed by atoms with Crippen LogP contribution >= 0.6 is 0 Å². The van der Waals surface area contributed by atoms with Crippen LogP contribution in [0.3, 0.4) is 0 Å². The van der Waals surface area contributed by atoms with Gasteiger partial charge in [0.05, 0.1) is 0 Å². The molecule has 1 rings (SSSR count). The van der Waals surface area contributed by atoms with Gasteiger partial charge in [-0.05, 0) is 18.8 Å². The molecule has 0 aliphatic heterocycles. The Morgan fingerprint density at radius 3 is 2.46 bits per heavy atom. The molecule has 0 aromatic heterocycles. The Morgan fingerprint density at radius 1 is 1.62 bits per heavy atom. The summed E-state index contributed by atoms with van der Waals surface area (Å²) in [7, 11) is 0. The smallest absolute Gasteiger partial charge is 0.317 e. The minimum Gasteiger partial charge on any atom is -0.480 e.